The van der Waals surface area contributed by atoms with E-state index in [1.807, 2.05) is 25.2 Å². The summed E-state index contributed by atoms with van der Waals surface area (Å²) < 4.78 is 0. The van der Waals surface area contributed by atoms with Crippen LogP contribution in [0.5, 0.6) is 0 Å². The zero-order valence-corrected chi connectivity index (χ0v) is 13.2. The Morgan fingerprint density at radius 1 is 1.10 bits per heavy atom. The van der Waals surface area contributed by atoms with Crippen LogP contribution >= 0.6 is 23.2 Å². The molecule has 0 saturated carbocycles. The van der Waals surface area contributed by atoms with Gasteiger partial charge in [-0.3, -0.25) is 0 Å². The maximum Gasteiger partial charge on any atom is 0.0871 e. The number of aliphatic hydroxyl groups is 1. The fourth-order valence-electron chi connectivity index (χ4n) is 2.35. The average Bonchev–Trinajstić information content (AvgIpc) is 2.47. The van der Waals surface area contributed by atoms with Crippen molar-refractivity contribution in [3.8, 4) is 0 Å². The Hall–Kier alpha value is -1.26. The number of benzene rings is 2. The van der Waals surface area contributed by atoms with Crippen LogP contribution < -0.4 is 11.1 Å². The Kier molecular flexibility index (Phi) is 5.48. The molecule has 2 aromatic rings. The van der Waals surface area contributed by atoms with Crippen LogP contribution in [0.3, 0.4) is 0 Å². The van der Waals surface area contributed by atoms with Crippen molar-refractivity contribution < 1.29 is 5.11 Å². The second-order valence-electron chi connectivity index (χ2n) is 4.95. The fourth-order valence-corrected chi connectivity index (χ4v) is 2.66. The molecular formula is C16H18Cl2N2O. The highest BCUT2D eigenvalue weighted by atomic mass is 35.5. The largest absolute Gasteiger partial charge is 0.399 e. The topological polar surface area (TPSA) is 58.3 Å². The molecule has 0 aromatic heterocycles. The number of hydrogen-bond acceptors (Lipinski definition) is 3. The number of rotatable bonds is 5. The second kappa shape index (κ2) is 7.14. The molecule has 0 spiro atoms. The van der Waals surface area contributed by atoms with Crippen LogP contribution in [0.15, 0.2) is 42.5 Å². The van der Waals surface area contributed by atoms with Gasteiger partial charge in [-0.25, -0.2) is 0 Å². The predicted octanol–water partition coefficient (Wildman–Crippen LogP) is 3.61. The fraction of sp³-hybridized carbons (Fsp3) is 0.250. The normalized spacial score (nSPS) is 13.9. The molecule has 0 radical (unpaired) electrons. The number of aliphatic hydroxyl groups excluding tert-OH is 1. The monoisotopic (exact) mass is 324 g/mol. The molecule has 0 unspecified atom stereocenters. The van der Waals surface area contributed by atoms with Crippen LogP contribution in [0.25, 0.3) is 0 Å². The van der Waals surface area contributed by atoms with E-state index in [0.29, 0.717) is 22.3 Å². The number of likely N-dealkylation sites (N-methyl/N-ethyl adjacent to an activating group) is 1. The SMILES string of the molecule is CNC[C@H](c1ccc(Cl)c(Cl)c1)[C@H](O)c1cccc(N)c1. The lowest BCUT2D eigenvalue weighted by molar-refractivity contribution is 0.144. The van der Waals surface area contributed by atoms with Crippen molar-refractivity contribution >= 4 is 28.9 Å². The number of nitrogens with two attached hydrogens (primary N) is 1. The third-order valence-electron chi connectivity index (χ3n) is 3.43. The van der Waals surface area contributed by atoms with Gasteiger partial charge < -0.3 is 16.2 Å². The van der Waals surface area contributed by atoms with Gasteiger partial charge in [0.2, 0.25) is 0 Å². The molecule has 2 rings (SSSR count). The van der Waals surface area contributed by atoms with E-state index in [0.717, 1.165) is 11.1 Å². The lowest BCUT2D eigenvalue weighted by atomic mass is 9.89. The summed E-state index contributed by atoms with van der Waals surface area (Å²) in [5, 5.41) is 14.8. The predicted molar refractivity (Wildman–Crippen MR) is 88.9 cm³/mol. The van der Waals surface area contributed by atoms with Gasteiger partial charge in [0, 0.05) is 18.2 Å². The molecule has 0 aliphatic rings. The Morgan fingerprint density at radius 3 is 2.48 bits per heavy atom. The van der Waals surface area contributed by atoms with Crippen molar-refractivity contribution in [2.24, 2.45) is 0 Å². The molecule has 0 saturated heterocycles. The van der Waals surface area contributed by atoms with E-state index in [1.54, 1.807) is 24.3 Å². The van der Waals surface area contributed by atoms with Gasteiger partial charge in [-0.15, -0.1) is 0 Å². The molecule has 2 aromatic carbocycles. The summed E-state index contributed by atoms with van der Waals surface area (Å²) in [6, 6.07) is 12.7. The second-order valence-corrected chi connectivity index (χ2v) is 5.77. The third-order valence-corrected chi connectivity index (χ3v) is 4.17. The van der Waals surface area contributed by atoms with Gasteiger partial charge in [-0.1, -0.05) is 41.4 Å². The molecule has 112 valence electrons. The molecule has 0 aliphatic heterocycles. The van der Waals surface area contributed by atoms with E-state index in [2.05, 4.69) is 5.32 Å². The van der Waals surface area contributed by atoms with E-state index in [9.17, 15) is 5.11 Å². The first-order valence-electron chi connectivity index (χ1n) is 6.66. The van der Waals surface area contributed by atoms with Gasteiger partial charge >= 0.3 is 0 Å². The van der Waals surface area contributed by atoms with E-state index in [4.69, 9.17) is 28.9 Å². The van der Waals surface area contributed by atoms with Crippen molar-refractivity contribution in [2.75, 3.05) is 19.3 Å². The van der Waals surface area contributed by atoms with Gasteiger partial charge in [-0.2, -0.15) is 0 Å². The first kappa shape index (κ1) is 16.1. The van der Waals surface area contributed by atoms with Crippen LogP contribution in [0, 0.1) is 0 Å². The number of nitrogen functional groups attached to an aromatic ring is 1. The Bertz CT molecular complexity index is 619. The van der Waals surface area contributed by atoms with Gasteiger partial charge in [0.1, 0.15) is 0 Å². The Morgan fingerprint density at radius 2 is 1.86 bits per heavy atom. The highest BCUT2D eigenvalue weighted by Crippen LogP contribution is 2.34. The van der Waals surface area contributed by atoms with Crippen LogP contribution in [0.1, 0.15) is 23.1 Å². The summed E-state index contributed by atoms with van der Waals surface area (Å²) >= 11 is 12.0. The summed E-state index contributed by atoms with van der Waals surface area (Å²) in [5.41, 5.74) is 8.12. The smallest absolute Gasteiger partial charge is 0.0871 e. The minimum atomic E-state index is -0.682. The minimum absolute atomic E-state index is 0.147. The summed E-state index contributed by atoms with van der Waals surface area (Å²) in [7, 11) is 1.84. The van der Waals surface area contributed by atoms with Crippen molar-refractivity contribution in [1.29, 1.82) is 0 Å². The van der Waals surface area contributed by atoms with E-state index >= 15 is 0 Å². The van der Waals surface area contributed by atoms with Crippen LogP contribution in [0.2, 0.25) is 10.0 Å². The van der Waals surface area contributed by atoms with Crippen molar-refractivity contribution in [1.82, 2.24) is 5.32 Å². The summed E-state index contributed by atoms with van der Waals surface area (Å²) in [6.45, 7) is 0.605. The van der Waals surface area contributed by atoms with Gasteiger partial charge in [0.15, 0.2) is 0 Å². The molecule has 0 fully saturated rings. The molecule has 3 nitrogen and oxygen atoms in total. The molecule has 0 aliphatic carbocycles. The summed E-state index contributed by atoms with van der Waals surface area (Å²) in [5.74, 6) is -0.147. The maximum absolute atomic E-state index is 10.7. The number of hydrogen-bond donors (Lipinski definition) is 3. The molecule has 0 bridgehead atoms. The number of nitrogens with one attached hydrogen (secondary N) is 1. The van der Waals surface area contributed by atoms with E-state index in [1.165, 1.54) is 0 Å². The molecule has 0 heterocycles. The lowest BCUT2D eigenvalue weighted by Crippen LogP contribution is -2.23. The minimum Gasteiger partial charge on any atom is -0.399 e. The van der Waals surface area contributed by atoms with E-state index in [-0.39, 0.29) is 5.92 Å². The van der Waals surface area contributed by atoms with Crippen molar-refractivity contribution in [2.45, 2.75) is 12.0 Å². The molecule has 4 N–H and O–H groups in total. The van der Waals surface area contributed by atoms with Crippen LogP contribution in [-0.2, 0) is 0 Å². The molecule has 5 heteroatoms. The molecular weight excluding hydrogens is 307 g/mol. The zero-order valence-electron chi connectivity index (χ0n) is 11.7. The molecule has 2 atom stereocenters. The Labute approximate surface area is 134 Å². The highest BCUT2D eigenvalue weighted by molar-refractivity contribution is 6.42. The van der Waals surface area contributed by atoms with Gasteiger partial charge in [0.25, 0.3) is 0 Å². The lowest BCUT2D eigenvalue weighted by Gasteiger charge is -2.24. The average molecular weight is 325 g/mol. The van der Waals surface area contributed by atoms with E-state index < -0.39 is 6.10 Å². The van der Waals surface area contributed by atoms with Crippen molar-refractivity contribution in [3.05, 3.63) is 63.6 Å². The Balaban J connectivity index is 2.35. The first-order valence-corrected chi connectivity index (χ1v) is 7.41. The van der Waals surface area contributed by atoms with Crippen molar-refractivity contribution in [3.63, 3.8) is 0 Å². The van der Waals surface area contributed by atoms with Crippen LogP contribution in [-0.4, -0.2) is 18.7 Å². The number of halogens is 2. The van der Waals surface area contributed by atoms with Gasteiger partial charge in [-0.05, 0) is 42.4 Å². The highest BCUT2D eigenvalue weighted by Gasteiger charge is 2.23. The maximum atomic E-state index is 10.7. The third kappa shape index (κ3) is 3.89. The summed E-state index contributed by atoms with van der Waals surface area (Å²) in [4.78, 5) is 0. The van der Waals surface area contributed by atoms with Crippen LogP contribution in [0.4, 0.5) is 5.69 Å². The zero-order chi connectivity index (χ0) is 15.4. The number of anilines is 1. The quantitative estimate of drug-likeness (QED) is 0.736. The van der Waals surface area contributed by atoms with Gasteiger partial charge in [0.05, 0.1) is 16.1 Å². The standard InChI is InChI=1S/C16H18Cl2N2O/c1-20-9-13(10-5-6-14(17)15(18)8-10)16(21)11-3-2-4-12(19)7-11/h2-8,13,16,20-21H,9,19H2,1H3/t13-,16-/m1/s1. The molecule has 0 amide bonds. The molecule has 21 heavy (non-hydrogen) atoms. The first-order chi connectivity index (χ1) is 10.0. The summed E-state index contributed by atoms with van der Waals surface area (Å²) in [6.07, 6.45) is -0.682.